The second kappa shape index (κ2) is 5.63. The number of nitro groups is 1. The highest BCUT2D eigenvalue weighted by molar-refractivity contribution is 6.04. The van der Waals surface area contributed by atoms with E-state index in [4.69, 9.17) is 5.26 Å². The van der Waals surface area contributed by atoms with Crippen LogP contribution < -0.4 is 5.32 Å². The van der Waals surface area contributed by atoms with E-state index in [0.717, 1.165) is 0 Å². The van der Waals surface area contributed by atoms with Gasteiger partial charge in [-0.1, -0.05) is 0 Å². The maximum atomic E-state index is 11.9. The molecule has 0 radical (unpaired) electrons. The molecule has 6 nitrogen and oxygen atoms in total. The third-order valence-corrected chi connectivity index (χ3v) is 2.61. The molecule has 0 aliphatic heterocycles. The minimum Gasteiger partial charge on any atom is -0.322 e. The number of nitro benzene ring substituents is 1. The number of nitriles is 1. The van der Waals surface area contributed by atoms with Gasteiger partial charge >= 0.3 is 0 Å². The number of carbonyl (C=O) groups excluding carboxylic acids is 1. The molecule has 0 fully saturated rings. The van der Waals surface area contributed by atoms with Crippen LogP contribution in [0.15, 0.2) is 48.5 Å². The summed E-state index contributed by atoms with van der Waals surface area (Å²) in [5.74, 6) is -0.344. The lowest BCUT2D eigenvalue weighted by Crippen LogP contribution is -2.11. The summed E-state index contributed by atoms with van der Waals surface area (Å²) in [5.41, 5.74) is 1.30. The van der Waals surface area contributed by atoms with Crippen molar-refractivity contribution in [1.82, 2.24) is 0 Å². The largest absolute Gasteiger partial charge is 0.322 e. The zero-order valence-corrected chi connectivity index (χ0v) is 10.2. The fourth-order valence-electron chi connectivity index (χ4n) is 1.57. The summed E-state index contributed by atoms with van der Waals surface area (Å²) in [7, 11) is 0. The quantitative estimate of drug-likeness (QED) is 0.683. The molecule has 0 aliphatic carbocycles. The fourth-order valence-corrected chi connectivity index (χ4v) is 1.57. The first-order valence-electron chi connectivity index (χ1n) is 5.66. The molecule has 0 aliphatic rings. The zero-order valence-electron chi connectivity index (χ0n) is 10.2. The summed E-state index contributed by atoms with van der Waals surface area (Å²) in [6, 6.07) is 13.7. The van der Waals surface area contributed by atoms with Crippen molar-refractivity contribution >= 4 is 17.3 Å². The Kier molecular flexibility index (Phi) is 3.72. The SMILES string of the molecule is N#Cc1ccc(C(=O)Nc2ccc([N+](=O)[O-])cc2)cc1. The molecule has 20 heavy (non-hydrogen) atoms. The Morgan fingerprint density at radius 1 is 1.10 bits per heavy atom. The van der Waals surface area contributed by atoms with Gasteiger partial charge in [-0.2, -0.15) is 5.26 Å². The fraction of sp³-hybridized carbons (Fsp3) is 0. The van der Waals surface area contributed by atoms with Crippen molar-refractivity contribution < 1.29 is 9.72 Å². The highest BCUT2D eigenvalue weighted by atomic mass is 16.6. The van der Waals surface area contributed by atoms with E-state index in [0.29, 0.717) is 16.8 Å². The first-order chi connectivity index (χ1) is 9.60. The molecule has 0 unspecified atom stereocenters. The first-order valence-corrected chi connectivity index (χ1v) is 5.66. The van der Waals surface area contributed by atoms with E-state index >= 15 is 0 Å². The summed E-state index contributed by atoms with van der Waals surface area (Å²) >= 11 is 0. The second-order valence-corrected chi connectivity index (χ2v) is 3.95. The van der Waals surface area contributed by atoms with Crippen molar-refractivity contribution in [2.24, 2.45) is 0 Å². The lowest BCUT2D eigenvalue weighted by atomic mass is 10.1. The number of amides is 1. The van der Waals surface area contributed by atoms with Crippen LogP contribution >= 0.6 is 0 Å². The summed E-state index contributed by atoms with van der Waals surface area (Å²) in [5, 5.41) is 21.8. The second-order valence-electron chi connectivity index (χ2n) is 3.95. The van der Waals surface area contributed by atoms with E-state index in [1.807, 2.05) is 6.07 Å². The van der Waals surface area contributed by atoms with Crippen LogP contribution in [0, 0.1) is 21.4 Å². The van der Waals surface area contributed by atoms with Crippen molar-refractivity contribution in [2.45, 2.75) is 0 Å². The molecule has 0 heterocycles. The Balaban J connectivity index is 2.10. The molecule has 0 atom stereocenters. The normalized spacial score (nSPS) is 9.55. The van der Waals surface area contributed by atoms with Gasteiger partial charge in [0.15, 0.2) is 0 Å². The van der Waals surface area contributed by atoms with Crippen molar-refractivity contribution in [3.05, 3.63) is 69.8 Å². The number of anilines is 1. The van der Waals surface area contributed by atoms with Gasteiger partial charge in [-0.25, -0.2) is 0 Å². The van der Waals surface area contributed by atoms with Gasteiger partial charge in [0.05, 0.1) is 16.6 Å². The molecule has 0 saturated carbocycles. The summed E-state index contributed by atoms with van der Waals surface area (Å²) in [6.07, 6.45) is 0. The lowest BCUT2D eigenvalue weighted by Gasteiger charge is -2.04. The van der Waals surface area contributed by atoms with Gasteiger partial charge in [-0.3, -0.25) is 14.9 Å². The molecule has 0 saturated heterocycles. The van der Waals surface area contributed by atoms with E-state index in [9.17, 15) is 14.9 Å². The van der Waals surface area contributed by atoms with E-state index in [2.05, 4.69) is 5.32 Å². The molecule has 2 aromatic carbocycles. The number of hydrogen-bond acceptors (Lipinski definition) is 4. The van der Waals surface area contributed by atoms with Crippen molar-refractivity contribution in [3.63, 3.8) is 0 Å². The Morgan fingerprint density at radius 3 is 2.20 bits per heavy atom. The third kappa shape index (κ3) is 2.97. The Bertz CT molecular complexity index is 685. The van der Waals surface area contributed by atoms with Gasteiger partial charge in [0.2, 0.25) is 0 Å². The molecule has 98 valence electrons. The molecule has 0 bridgehead atoms. The average molecular weight is 267 g/mol. The molecular formula is C14H9N3O3. The number of nitrogens with zero attached hydrogens (tertiary/aromatic N) is 2. The van der Waals surface area contributed by atoms with Gasteiger partial charge in [-0.15, -0.1) is 0 Å². The van der Waals surface area contributed by atoms with Crippen LogP contribution in [0.5, 0.6) is 0 Å². The maximum Gasteiger partial charge on any atom is 0.269 e. The molecule has 1 amide bonds. The zero-order chi connectivity index (χ0) is 14.5. The van der Waals surface area contributed by atoms with E-state index in [1.165, 1.54) is 24.3 Å². The first kappa shape index (κ1) is 13.2. The van der Waals surface area contributed by atoms with Crippen LogP contribution in [0.25, 0.3) is 0 Å². The van der Waals surface area contributed by atoms with Crippen LogP contribution in [0.2, 0.25) is 0 Å². The molecular weight excluding hydrogens is 258 g/mol. The van der Waals surface area contributed by atoms with E-state index in [-0.39, 0.29) is 11.6 Å². The third-order valence-electron chi connectivity index (χ3n) is 2.61. The summed E-state index contributed by atoms with van der Waals surface area (Å²) < 4.78 is 0. The van der Waals surface area contributed by atoms with Gasteiger partial charge in [0.25, 0.3) is 11.6 Å². The standard InChI is InChI=1S/C14H9N3O3/c15-9-10-1-3-11(4-2-10)14(18)16-12-5-7-13(8-6-12)17(19)20/h1-8H,(H,16,18). The number of non-ortho nitro benzene ring substituents is 1. The molecule has 6 heteroatoms. The van der Waals surface area contributed by atoms with Crippen LogP contribution in [0.1, 0.15) is 15.9 Å². The number of nitrogens with one attached hydrogen (secondary N) is 1. The van der Waals surface area contributed by atoms with Crippen LogP contribution in [-0.4, -0.2) is 10.8 Å². The smallest absolute Gasteiger partial charge is 0.269 e. The van der Waals surface area contributed by atoms with Crippen LogP contribution in [0.4, 0.5) is 11.4 Å². The minimum absolute atomic E-state index is 0.0404. The summed E-state index contributed by atoms with van der Waals surface area (Å²) in [4.78, 5) is 21.9. The van der Waals surface area contributed by atoms with Gasteiger partial charge < -0.3 is 5.32 Å². The Labute approximate surface area is 114 Å². The highest BCUT2D eigenvalue weighted by Crippen LogP contribution is 2.16. The van der Waals surface area contributed by atoms with E-state index < -0.39 is 4.92 Å². The predicted octanol–water partition coefficient (Wildman–Crippen LogP) is 2.72. The van der Waals surface area contributed by atoms with Gasteiger partial charge in [0.1, 0.15) is 0 Å². The molecule has 2 rings (SSSR count). The van der Waals surface area contributed by atoms with Crippen molar-refractivity contribution in [3.8, 4) is 6.07 Å². The maximum absolute atomic E-state index is 11.9. The lowest BCUT2D eigenvalue weighted by molar-refractivity contribution is -0.384. The topological polar surface area (TPSA) is 96.0 Å². The molecule has 0 spiro atoms. The molecule has 2 aromatic rings. The average Bonchev–Trinajstić information content (AvgIpc) is 2.48. The van der Waals surface area contributed by atoms with Crippen molar-refractivity contribution in [2.75, 3.05) is 5.32 Å². The minimum atomic E-state index is -0.508. The highest BCUT2D eigenvalue weighted by Gasteiger charge is 2.08. The monoisotopic (exact) mass is 267 g/mol. The number of hydrogen-bond donors (Lipinski definition) is 1. The number of rotatable bonds is 3. The Hall–Kier alpha value is -3.20. The van der Waals surface area contributed by atoms with Gasteiger partial charge in [0, 0.05) is 23.4 Å². The van der Waals surface area contributed by atoms with E-state index in [1.54, 1.807) is 24.3 Å². The number of benzene rings is 2. The molecule has 1 N–H and O–H groups in total. The Morgan fingerprint density at radius 2 is 1.70 bits per heavy atom. The summed E-state index contributed by atoms with van der Waals surface area (Å²) in [6.45, 7) is 0. The van der Waals surface area contributed by atoms with Crippen LogP contribution in [-0.2, 0) is 0 Å². The van der Waals surface area contributed by atoms with Crippen molar-refractivity contribution in [1.29, 1.82) is 5.26 Å². The van der Waals surface area contributed by atoms with Crippen LogP contribution in [0.3, 0.4) is 0 Å². The predicted molar refractivity (Wildman–Crippen MR) is 72.2 cm³/mol. The number of carbonyl (C=O) groups is 1. The molecule has 0 aromatic heterocycles. The van der Waals surface area contributed by atoms with Gasteiger partial charge in [-0.05, 0) is 36.4 Å².